The second-order valence-corrected chi connectivity index (χ2v) is 6.11. The van der Waals surface area contributed by atoms with Crippen molar-refractivity contribution in [3.8, 4) is 0 Å². The third-order valence-electron chi connectivity index (χ3n) is 3.62. The second kappa shape index (κ2) is 5.96. The van der Waals surface area contributed by atoms with E-state index in [1.807, 2.05) is 6.20 Å². The molecule has 3 heterocycles. The molecule has 3 rings (SSSR count). The molecule has 7 nitrogen and oxygen atoms in total. The summed E-state index contributed by atoms with van der Waals surface area (Å²) in [6.07, 6.45) is 3.96. The summed E-state index contributed by atoms with van der Waals surface area (Å²) in [7, 11) is 0. The molecule has 0 spiro atoms. The van der Waals surface area contributed by atoms with Gasteiger partial charge < -0.3 is 14.4 Å². The van der Waals surface area contributed by atoms with E-state index in [0.29, 0.717) is 25.3 Å². The van der Waals surface area contributed by atoms with Crippen LogP contribution in [0.4, 0.5) is 0 Å². The molecule has 1 atom stereocenters. The summed E-state index contributed by atoms with van der Waals surface area (Å²) in [5.74, 6) is -0.767. The Morgan fingerprint density at radius 1 is 1.45 bits per heavy atom. The molecular formula is C14H14BrN3O4. The van der Waals surface area contributed by atoms with Crippen LogP contribution in [-0.2, 0) is 11.3 Å². The van der Waals surface area contributed by atoms with Crippen molar-refractivity contribution in [1.82, 2.24) is 14.7 Å². The highest BCUT2D eigenvalue weighted by molar-refractivity contribution is 9.10. The molecule has 0 radical (unpaired) electrons. The number of furan rings is 1. The molecule has 1 amide bonds. The zero-order chi connectivity index (χ0) is 15.7. The number of amides is 1. The standard InChI is InChI=1S/C14H14BrN3O4/c15-10-5-16-18(7-10)8-11-1-2-12(22-11)13(19)17-4-3-9(6-17)14(20)21/h1-2,5,7,9H,3-4,6,8H2,(H,20,21)/t9-/m1/s1. The maximum atomic E-state index is 12.3. The molecule has 0 aliphatic carbocycles. The van der Waals surface area contributed by atoms with E-state index in [0.717, 1.165) is 4.47 Å². The van der Waals surface area contributed by atoms with Crippen molar-refractivity contribution in [2.45, 2.75) is 13.0 Å². The quantitative estimate of drug-likeness (QED) is 0.890. The van der Waals surface area contributed by atoms with E-state index >= 15 is 0 Å². The summed E-state index contributed by atoms with van der Waals surface area (Å²) in [4.78, 5) is 24.8. The number of likely N-dealkylation sites (tertiary alicyclic amines) is 1. The second-order valence-electron chi connectivity index (χ2n) is 5.20. The number of carboxylic acids is 1. The van der Waals surface area contributed by atoms with Crippen LogP contribution < -0.4 is 0 Å². The predicted octanol–water partition coefficient (Wildman–Crippen LogP) is 1.83. The number of hydrogen-bond acceptors (Lipinski definition) is 4. The highest BCUT2D eigenvalue weighted by Gasteiger charge is 2.32. The van der Waals surface area contributed by atoms with Gasteiger partial charge in [-0.15, -0.1) is 0 Å². The van der Waals surface area contributed by atoms with Crippen molar-refractivity contribution in [2.75, 3.05) is 13.1 Å². The van der Waals surface area contributed by atoms with Gasteiger partial charge in [-0.1, -0.05) is 0 Å². The number of aromatic nitrogens is 2. The molecule has 2 aromatic rings. The van der Waals surface area contributed by atoms with Gasteiger partial charge in [0.25, 0.3) is 5.91 Å². The van der Waals surface area contributed by atoms with Crippen LogP contribution in [0.2, 0.25) is 0 Å². The number of carbonyl (C=O) groups excluding carboxylic acids is 1. The first kappa shape index (κ1) is 14.8. The highest BCUT2D eigenvalue weighted by atomic mass is 79.9. The number of hydrogen-bond donors (Lipinski definition) is 1. The average molecular weight is 368 g/mol. The van der Waals surface area contributed by atoms with Crippen molar-refractivity contribution in [2.24, 2.45) is 5.92 Å². The van der Waals surface area contributed by atoms with Gasteiger partial charge in [-0.25, -0.2) is 0 Å². The summed E-state index contributed by atoms with van der Waals surface area (Å²) in [5.41, 5.74) is 0. The molecular weight excluding hydrogens is 354 g/mol. The molecule has 8 heteroatoms. The summed E-state index contributed by atoms with van der Waals surface area (Å²) in [5, 5.41) is 13.1. The average Bonchev–Trinajstić information content (AvgIpc) is 3.19. The lowest BCUT2D eigenvalue weighted by Crippen LogP contribution is -2.29. The molecule has 1 aliphatic heterocycles. The molecule has 1 aliphatic rings. The van der Waals surface area contributed by atoms with Crippen LogP contribution in [0.3, 0.4) is 0 Å². The Hall–Kier alpha value is -2.09. The van der Waals surface area contributed by atoms with Crippen molar-refractivity contribution < 1.29 is 19.1 Å². The molecule has 0 aromatic carbocycles. The normalized spacial score (nSPS) is 17.9. The van der Waals surface area contributed by atoms with Gasteiger partial charge in [0.2, 0.25) is 0 Å². The van der Waals surface area contributed by atoms with Gasteiger partial charge in [0.1, 0.15) is 5.76 Å². The van der Waals surface area contributed by atoms with Gasteiger partial charge in [-0.05, 0) is 34.5 Å². The smallest absolute Gasteiger partial charge is 0.308 e. The summed E-state index contributed by atoms with van der Waals surface area (Å²) in [6.45, 7) is 1.10. The maximum Gasteiger partial charge on any atom is 0.308 e. The Bertz CT molecular complexity index is 709. The lowest BCUT2D eigenvalue weighted by molar-refractivity contribution is -0.141. The van der Waals surface area contributed by atoms with Crippen LogP contribution in [-0.4, -0.2) is 44.8 Å². The van der Waals surface area contributed by atoms with Crippen LogP contribution in [0.1, 0.15) is 22.7 Å². The molecule has 1 fully saturated rings. The fraction of sp³-hybridized carbons (Fsp3) is 0.357. The lowest BCUT2D eigenvalue weighted by atomic mass is 10.1. The van der Waals surface area contributed by atoms with Crippen molar-refractivity contribution in [3.05, 3.63) is 40.5 Å². The number of carboxylic acid groups (broad SMARTS) is 1. The SMILES string of the molecule is O=C(O)[C@@H]1CCN(C(=O)c2ccc(Cn3cc(Br)cn3)o2)C1. The number of nitrogens with zero attached hydrogens (tertiary/aromatic N) is 3. The zero-order valence-corrected chi connectivity index (χ0v) is 13.2. The Morgan fingerprint density at radius 2 is 2.27 bits per heavy atom. The monoisotopic (exact) mass is 367 g/mol. The highest BCUT2D eigenvalue weighted by Crippen LogP contribution is 2.20. The van der Waals surface area contributed by atoms with Crippen molar-refractivity contribution in [3.63, 3.8) is 0 Å². The first-order valence-electron chi connectivity index (χ1n) is 6.81. The first-order valence-corrected chi connectivity index (χ1v) is 7.61. The largest absolute Gasteiger partial charge is 0.481 e. The zero-order valence-electron chi connectivity index (χ0n) is 11.6. The van der Waals surface area contributed by atoms with Gasteiger partial charge in [0, 0.05) is 19.3 Å². The van der Waals surface area contributed by atoms with Gasteiger partial charge in [0.15, 0.2) is 5.76 Å². The van der Waals surface area contributed by atoms with Crippen LogP contribution >= 0.6 is 15.9 Å². The molecule has 22 heavy (non-hydrogen) atoms. The van der Waals surface area contributed by atoms with Gasteiger partial charge >= 0.3 is 5.97 Å². The molecule has 2 aromatic heterocycles. The minimum absolute atomic E-state index is 0.229. The Kier molecular flexibility index (Phi) is 4.02. The molecule has 0 bridgehead atoms. The van der Waals surface area contributed by atoms with E-state index in [4.69, 9.17) is 9.52 Å². The van der Waals surface area contributed by atoms with Gasteiger partial charge in [-0.2, -0.15) is 5.10 Å². The number of aliphatic carboxylic acids is 1. The van der Waals surface area contributed by atoms with Crippen molar-refractivity contribution in [1.29, 1.82) is 0 Å². The third kappa shape index (κ3) is 3.06. The Balaban J connectivity index is 1.66. The molecule has 116 valence electrons. The number of rotatable bonds is 4. The van der Waals surface area contributed by atoms with Crippen LogP contribution in [0.5, 0.6) is 0 Å². The van der Waals surface area contributed by atoms with Gasteiger partial charge in [0.05, 0.1) is 23.1 Å². The minimum atomic E-state index is -0.861. The molecule has 1 saturated heterocycles. The van der Waals surface area contributed by atoms with Crippen LogP contribution in [0.25, 0.3) is 0 Å². The summed E-state index contributed by atoms with van der Waals surface area (Å²) >= 11 is 3.31. The van der Waals surface area contributed by atoms with E-state index in [9.17, 15) is 9.59 Å². The number of halogens is 1. The molecule has 0 unspecified atom stereocenters. The fourth-order valence-corrected chi connectivity index (χ4v) is 2.79. The molecule has 1 N–H and O–H groups in total. The minimum Gasteiger partial charge on any atom is -0.481 e. The fourth-order valence-electron chi connectivity index (χ4n) is 2.46. The predicted molar refractivity (Wildman–Crippen MR) is 79.4 cm³/mol. The maximum absolute atomic E-state index is 12.3. The Morgan fingerprint density at radius 3 is 2.91 bits per heavy atom. The Labute approximate surface area is 134 Å². The number of carbonyl (C=O) groups is 2. The van der Waals surface area contributed by atoms with E-state index in [1.54, 1.807) is 23.0 Å². The van der Waals surface area contributed by atoms with Gasteiger partial charge in [-0.3, -0.25) is 14.3 Å². The molecule has 0 saturated carbocycles. The summed E-state index contributed by atoms with van der Waals surface area (Å²) in [6, 6.07) is 3.35. The van der Waals surface area contributed by atoms with E-state index < -0.39 is 11.9 Å². The third-order valence-corrected chi connectivity index (χ3v) is 4.03. The van der Waals surface area contributed by atoms with E-state index in [-0.39, 0.29) is 18.2 Å². The van der Waals surface area contributed by atoms with E-state index in [2.05, 4.69) is 21.0 Å². The van der Waals surface area contributed by atoms with Crippen molar-refractivity contribution >= 4 is 27.8 Å². The van der Waals surface area contributed by atoms with E-state index in [1.165, 1.54) is 4.90 Å². The summed E-state index contributed by atoms with van der Waals surface area (Å²) < 4.78 is 8.11. The van der Waals surface area contributed by atoms with Crippen LogP contribution in [0, 0.1) is 5.92 Å². The van der Waals surface area contributed by atoms with Crippen LogP contribution in [0.15, 0.2) is 33.4 Å². The lowest BCUT2D eigenvalue weighted by Gasteiger charge is -2.13. The first-order chi connectivity index (χ1) is 10.5. The topological polar surface area (TPSA) is 88.6 Å².